The molecule has 1 unspecified atom stereocenters. The van der Waals surface area contributed by atoms with Crippen LogP contribution in [0, 0.1) is 12.8 Å². The minimum atomic E-state index is -4.75. The Labute approximate surface area is 265 Å². The zero-order valence-corrected chi connectivity index (χ0v) is 26.5. The van der Waals surface area contributed by atoms with Crippen LogP contribution in [-0.4, -0.2) is 72.6 Å². The minimum Gasteiger partial charge on any atom is -0.381 e. The van der Waals surface area contributed by atoms with E-state index in [2.05, 4.69) is 27.2 Å². The first-order valence-corrected chi connectivity index (χ1v) is 16.9. The Morgan fingerprint density at radius 3 is 2.43 bits per heavy atom. The van der Waals surface area contributed by atoms with Gasteiger partial charge in [0.25, 0.3) is 5.56 Å². The second-order valence-corrected chi connectivity index (χ2v) is 14.5. The largest absolute Gasteiger partial charge is 0.406 e. The summed E-state index contributed by atoms with van der Waals surface area (Å²) in [5.41, 5.74) is 1.14. The van der Waals surface area contributed by atoms with E-state index in [0.29, 0.717) is 21.7 Å². The summed E-state index contributed by atoms with van der Waals surface area (Å²) in [5.74, 6) is 0.625. The average molecular weight is 656 g/mol. The Kier molecular flexibility index (Phi) is 8.92. The van der Waals surface area contributed by atoms with Gasteiger partial charge in [0.05, 0.1) is 10.1 Å². The Hall–Kier alpha value is -3.81. The number of hydrogen-bond donors (Lipinski definition) is 1. The van der Waals surface area contributed by atoms with E-state index in [1.54, 1.807) is 13.0 Å². The molecule has 0 aliphatic carbocycles. The Morgan fingerprint density at radius 2 is 1.76 bits per heavy atom. The predicted molar refractivity (Wildman–Crippen MR) is 170 cm³/mol. The van der Waals surface area contributed by atoms with Crippen molar-refractivity contribution >= 4 is 32.5 Å². The highest BCUT2D eigenvalue weighted by molar-refractivity contribution is 7.92. The zero-order valence-electron chi connectivity index (χ0n) is 25.7. The fourth-order valence-corrected chi connectivity index (χ4v) is 8.38. The Bertz CT molecular complexity index is 1910. The lowest BCUT2D eigenvalue weighted by atomic mass is 9.98. The van der Waals surface area contributed by atoms with E-state index in [0.717, 1.165) is 25.9 Å². The van der Waals surface area contributed by atoms with Gasteiger partial charge in [-0.15, -0.1) is 0 Å². The highest BCUT2D eigenvalue weighted by atomic mass is 32.2. The van der Waals surface area contributed by atoms with Gasteiger partial charge in [-0.25, -0.2) is 13.4 Å². The number of anilines is 2. The van der Waals surface area contributed by atoms with Crippen molar-refractivity contribution in [2.45, 2.75) is 55.5 Å². The van der Waals surface area contributed by atoms with E-state index in [1.165, 1.54) is 30.0 Å². The fraction of sp³-hybridized carbons (Fsp3) is 0.424. The number of rotatable bonds is 8. The van der Waals surface area contributed by atoms with Gasteiger partial charge in [-0.3, -0.25) is 9.36 Å². The smallest absolute Gasteiger partial charge is 0.381 e. The number of ether oxygens (including phenoxy) is 1. The number of fused-ring (bicyclic) bond motifs is 1. The third kappa shape index (κ3) is 6.96. The van der Waals surface area contributed by atoms with Gasteiger partial charge in [-0.2, -0.15) is 18.2 Å². The maximum absolute atomic E-state index is 13.9. The molecule has 2 aromatic carbocycles. The topological polar surface area (TPSA) is 106 Å². The van der Waals surface area contributed by atoms with Crippen molar-refractivity contribution in [3.05, 3.63) is 76.2 Å². The third-order valence-electron chi connectivity index (χ3n) is 8.73. The molecule has 4 heterocycles. The summed E-state index contributed by atoms with van der Waals surface area (Å²) in [7, 11) is -1.81. The molecule has 13 heteroatoms. The van der Waals surface area contributed by atoms with Crippen molar-refractivity contribution in [1.82, 2.24) is 19.4 Å². The first kappa shape index (κ1) is 32.1. The number of nitrogens with one attached hydrogen (secondary N) is 1. The summed E-state index contributed by atoms with van der Waals surface area (Å²) < 4.78 is 75.1. The van der Waals surface area contributed by atoms with Crippen molar-refractivity contribution in [2.75, 3.05) is 38.7 Å². The molecule has 2 aliphatic heterocycles. The summed E-state index contributed by atoms with van der Waals surface area (Å²) in [6.45, 7) is 2.84. The number of hydrogen-bond acceptors (Lipinski definition) is 8. The number of halogens is 3. The van der Waals surface area contributed by atoms with Gasteiger partial charge in [0.1, 0.15) is 12.2 Å². The molecular formula is C33H36F3N5O4S. The van der Waals surface area contributed by atoms with E-state index in [9.17, 15) is 26.4 Å². The second-order valence-electron chi connectivity index (χ2n) is 12.3. The lowest BCUT2D eigenvalue weighted by Gasteiger charge is -2.24. The van der Waals surface area contributed by atoms with Gasteiger partial charge in [-0.05, 0) is 87.5 Å². The van der Waals surface area contributed by atoms with Crippen molar-refractivity contribution < 1.29 is 26.3 Å². The van der Waals surface area contributed by atoms with Crippen molar-refractivity contribution in [3.63, 3.8) is 0 Å². The summed E-state index contributed by atoms with van der Waals surface area (Å²) in [6.07, 6.45) is -0.719. The average Bonchev–Trinajstić information content (AvgIpc) is 3.43. The minimum absolute atomic E-state index is 0.0267. The van der Waals surface area contributed by atoms with E-state index >= 15 is 0 Å². The van der Waals surface area contributed by atoms with Crippen LogP contribution in [0.15, 0.2) is 64.4 Å². The molecule has 6 rings (SSSR count). The lowest BCUT2D eigenvalue weighted by molar-refractivity contribution is -0.140. The van der Waals surface area contributed by atoms with Crippen molar-refractivity contribution in [2.24, 2.45) is 5.92 Å². The van der Waals surface area contributed by atoms with E-state index < -0.39 is 33.4 Å². The number of aromatic nitrogens is 3. The first-order chi connectivity index (χ1) is 21.9. The molecule has 9 nitrogen and oxygen atoms in total. The number of pyridine rings is 1. The predicted octanol–water partition coefficient (Wildman–Crippen LogP) is 5.52. The number of nitrogens with zero attached hydrogens (tertiary/aromatic N) is 4. The molecule has 2 saturated heterocycles. The maximum atomic E-state index is 13.9. The van der Waals surface area contributed by atoms with Crippen LogP contribution in [0.5, 0.6) is 0 Å². The second kappa shape index (κ2) is 12.8. The molecule has 244 valence electrons. The molecule has 46 heavy (non-hydrogen) atoms. The summed E-state index contributed by atoms with van der Waals surface area (Å²) in [6, 6.07) is 13.7. The van der Waals surface area contributed by atoms with Crippen LogP contribution in [0.2, 0.25) is 0 Å². The van der Waals surface area contributed by atoms with Crippen LogP contribution in [0.4, 0.5) is 24.8 Å². The van der Waals surface area contributed by atoms with Gasteiger partial charge in [0.2, 0.25) is 5.95 Å². The van der Waals surface area contributed by atoms with Gasteiger partial charge in [-0.1, -0.05) is 24.3 Å². The fourth-order valence-electron chi connectivity index (χ4n) is 6.37. The number of alkyl halides is 3. The van der Waals surface area contributed by atoms with E-state index in [-0.39, 0.29) is 59.1 Å². The number of likely N-dealkylation sites (tertiary alicyclic amines) is 1. The van der Waals surface area contributed by atoms with E-state index in [1.807, 2.05) is 24.3 Å². The molecule has 2 aliphatic rings. The summed E-state index contributed by atoms with van der Waals surface area (Å²) in [5, 5.41) is 2.47. The molecular weight excluding hydrogens is 619 g/mol. The summed E-state index contributed by atoms with van der Waals surface area (Å²) >= 11 is 0. The van der Waals surface area contributed by atoms with E-state index in [4.69, 9.17) is 4.74 Å². The normalized spacial score (nSPS) is 18.3. The molecule has 0 bridgehead atoms. The molecule has 0 saturated carbocycles. The molecule has 2 aromatic heterocycles. The van der Waals surface area contributed by atoms with Crippen molar-refractivity contribution in [3.8, 4) is 11.1 Å². The van der Waals surface area contributed by atoms with Crippen LogP contribution in [0.1, 0.15) is 30.4 Å². The van der Waals surface area contributed by atoms with Crippen LogP contribution >= 0.6 is 0 Å². The first-order valence-electron chi connectivity index (χ1n) is 15.3. The molecule has 4 aromatic rings. The molecule has 1 N–H and O–H groups in total. The van der Waals surface area contributed by atoms with Gasteiger partial charge < -0.3 is 15.0 Å². The quantitative estimate of drug-likeness (QED) is 0.265. The van der Waals surface area contributed by atoms with Gasteiger partial charge in [0.15, 0.2) is 9.84 Å². The zero-order chi connectivity index (χ0) is 32.6. The molecule has 0 spiro atoms. The third-order valence-corrected chi connectivity index (χ3v) is 11.0. The van der Waals surface area contributed by atoms with Gasteiger partial charge >= 0.3 is 6.18 Å². The van der Waals surface area contributed by atoms with Crippen LogP contribution < -0.4 is 10.9 Å². The maximum Gasteiger partial charge on any atom is 0.406 e. The Morgan fingerprint density at radius 1 is 1.02 bits per heavy atom. The Balaban J connectivity index is 1.37. The summed E-state index contributed by atoms with van der Waals surface area (Å²) in [4.78, 5) is 24.7. The molecule has 2 fully saturated rings. The molecule has 0 radical (unpaired) electrons. The van der Waals surface area contributed by atoms with Crippen molar-refractivity contribution in [1.29, 1.82) is 0 Å². The van der Waals surface area contributed by atoms with Crippen LogP contribution in [0.3, 0.4) is 0 Å². The standard InChI is InChI=1S/C33H36F3N5O4S/c1-21-3-8-27(29(15-21)46(43,44)26-10-13-45-14-11-26)28-17-24-18-37-32(39-30(24)41(31(28)42)20-33(34,35)36)38-25-6-4-22(5-7-25)16-23-9-12-40(2)19-23/h3-8,15,17-18,23,26H,9-14,16,19-20H2,1-2H3,(H,37,38,39). The number of benzene rings is 2. The SMILES string of the molecule is Cc1ccc(-c2cc3cnc(Nc4ccc(CC5CCN(C)C5)cc4)nc3n(CC(F)(F)F)c2=O)c(S(=O)(=O)C2CCOCC2)c1. The highest BCUT2D eigenvalue weighted by Crippen LogP contribution is 2.34. The molecule has 0 amide bonds. The monoisotopic (exact) mass is 655 g/mol. The van der Waals surface area contributed by atoms with Gasteiger partial charge in [0, 0.05) is 48.2 Å². The van der Waals surface area contributed by atoms with Crippen LogP contribution in [-0.2, 0) is 27.5 Å². The number of aryl methyl sites for hydroxylation is 1. The lowest BCUT2D eigenvalue weighted by Crippen LogP contribution is -2.31. The van der Waals surface area contributed by atoms with Crippen LogP contribution in [0.25, 0.3) is 22.2 Å². The highest BCUT2D eigenvalue weighted by Gasteiger charge is 2.34. The molecule has 1 atom stereocenters. The number of sulfone groups is 1.